The Morgan fingerprint density at radius 3 is 2.87 bits per heavy atom. The van der Waals surface area contributed by atoms with E-state index in [4.69, 9.17) is 16.3 Å². The number of hydrogen-bond acceptors (Lipinski definition) is 2. The highest BCUT2D eigenvalue weighted by atomic mass is 79.9. The molecular weight excluding hydrogens is 279 g/mol. The second kappa shape index (κ2) is 5.93. The Bertz CT molecular complexity index is 377. The lowest BCUT2D eigenvalue weighted by molar-refractivity contribution is -0.141. The number of carbonyl (C=O) groups excluding carboxylic acids is 1. The zero-order valence-electron chi connectivity index (χ0n) is 8.00. The van der Waals surface area contributed by atoms with Crippen molar-refractivity contribution in [1.29, 1.82) is 0 Å². The van der Waals surface area contributed by atoms with Crippen LogP contribution in [-0.2, 0) is 16.0 Å². The molecule has 0 bridgehead atoms. The summed E-state index contributed by atoms with van der Waals surface area (Å²) in [6, 6.07) is 7.50. The van der Waals surface area contributed by atoms with Crippen molar-refractivity contribution in [3.05, 3.63) is 45.9 Å². The molecule has 1 rings (SSSR count). The molecule has 0 aliphatic carbocycles. The summed E-state index contributed by atoms with van der Waals surface area (Å²) < 4.78 is 5.80. The van der Waals surface area contributed by atoms with Crippen LogP contribution in [0.4, 0.5) is 0 Å². The van der Waals surface area contributed by atoms with Gasteiger partial charge in [-0.3, -0.25) is 4.79 Å². The van der Waals surface area contributed by atoms with Crippen LogP contribution < -0.4 is 0 Å². The normalized spacial score (nSPS) is 9.73. The number of benzene rings is 1. The van der Waals surface area contributed by atoms with E-state index in [1.807, 2.05) is 24.3 Å². The monoisotopic (exact) mass is 288 g/mol. The van der Waals surface area contributed by atoms with Crippen molar-refractivity contribution in [3.8, 4) is 0 Å². The minimum absolute atomic E-state index is 0.0639. The summed E-state index contributed by atoms with van der Waals surface area (Å²) in [5.74, 6) is -0.310. The van der Waals surface area contributed by atoms with E-state index in [9.17, 15) is 4.79 Å². The van der Waals surface area contributed by atoms with Gasteiger partial charge in [-0.1, -0.05) is 46.2 Å². The number of esters is 1. The summed E-state index contributed by atoms with van der Waals surface area (Å²) in [5.41, 5.74) is 0.898. The fourth-order valence-electron chi connectivity index (χ4n) is 1.02. The van der Waals surface area contributed by atoms with Crippen molar-refractivity contribution in [3.63, 3.8) is 0 Å². The van der Waals surface area contributed by atoms with Crippen LogP contribution in [0.25, 0.3) is 0 Å². The van der Waals surface area contributed by atoms with Gasteiger partial charge in [0.15, 0.2) is 0 Å². The maximum absolute atomic E-state index is 11.3. The molecule has 0 fully saturated rings. The van der Waals surface area contributed by atoms with Gasteiger partial charge < -0.3 is 4.74 Å². The summed E-state index contributed by atoms with van der Waals surface area (Å²) in [4.78, 5) is 11.3. The first-order chi connectivity index (χ1) is 7.08. The molecule has 0 aliphatic heterocycles. The van der Waals surface area contributed by atoms with Crippen LogP contribution in [0.3, 0.4) is 0 Å². The topological polar surface area (TPSA) is 26.3 Å². The van der Waals surface area contributed by atoms with Crippen LogP contribution in [0.5, 0.6) is 0 Å². The van der Waals surface area contributed by atoms with Crippen LogP contribution in [0, 0.1) is 0 Å². The molecule has 0 amide bonds. The Labute approximate surface area is 102 Å². The highest BCUT2D eigenvalue weighted by Crippen LogP contribution is 2.12. The average molecular weight is 290 g/mol. The molecular formula is C11H10BrClO2. The Morgan fingerprint density at radius 2 is 2.27 bits per heavy atom. The van der Waals surface area contributed by atoms with Gasteiger partial charge in [-0.05, 0) is 17.7 Å². The molecule has 15 heavy (non-hydrogen) atoms. The van der Waals surface area contributed by atoms with Crippen molar-refractivity contribution < 1.29 is 9.53 Å². The Kier molecular flexibility index (Phi) is 4.85. The number of halogens is 2. The third-order valence-corrected chi connectivity index (χ3v) is 2.23. The van der Waals surface area contributed by atoms with Crippen molar-refractivity contribution in [2.75, 3.05) is 6.61 Å². The lowest BCUT2D eigenvalue weighted by atomic mass is 10.2. The molecule has 1 aromatic carbocycles. The molecule has 0 N–H and O–H groups in total. The van der Waals surface area contributed by atoms with Crippen molar-refractivity contribution in [1.82, 2.24) is 0 Å². The molecule has 0 saturated carbocycles. The molecule has 0 unspecified atom stereocenters. The maximum Gasteiger partial charge on any atom is 0.310 e. The van der Waals surface area contributed by atoms with E-state index in [0.717, 1.165) is 10.0 Å². The predicted molar refractivity (Wildman–Crippen MR) is 63.8 cm³/mol. The van der Waals surface area contributed by atoms with Gasteiger partial charge in [-0.25, -0.2) is 0 Å². The van der Waals surface area contributed by atoms with Gasteiger partial charge in [0.25, 0.3) is 0 Å². The number of ether oxygens (including phenoxy) is 1. The first-order valence-electron chi connectivity index (χ1n) is 4.31. The van der Waals surface area contributed by atoms with E-state index in [0.29, 0.717) is 5.03 Å². The Hall–Kier alpha value is -0.800. The minimum atomic E-state index is -0.310. The van der Waals surface area contributed by atoms with Crippen molar-refractivity contribution in [2.45, 2.75) is 6.42 Å². The molecule has 0 spiro atoms. The summed E-state index contributed by atoms with van der Waals surface area (Å²) in [5, 5.41) is 0.317. The van der Waals surface area contributed by atoms with E-state index in [2.05, 4.69) is 22.5 Å². The average Bonchev–Trinajstić information content (AvgIpc) is 2.15. The van der Waals surface area contributed by atoms with E-state index in [1.165, 1.54) is 0 Å². The van der Waals surface area contributed by atoms with Gasteiger partial charge in [0, 0.05) is 9.51 Å². The van der Waals surface area contributed by atoms with Crippen LogP contribution >= 0.6 is 27.5 Å². The SMILES string of the molecule is C=C(Cl)COC(=O)Cc1cccc(Br)c1. The van der Waals surface area contributed by atoms with Gasteiger partial charge in [-0.15, -0.1) is 0 Å². The van der Waals surface area contributed by atoms with Gasteiger partial charge in [0.1, 0.15) is 6.61 Å². The fourth-order valence-corrected chi connectivity index (χ4v) is 1.52. The van der Waals surface area contributed by atoms with Crippen LogP contribution in [0.2, 0.25) is 0 Å². The summed E-state index contributed by atoms with van der Waals surface area (Å²) in [6.07, 6.45) is 0.240. The first-order valence-corrected chi connectivity index (χ1v) is 5.48. The number of carbonyl (C=O) groups is 1. The van der Waals surface area contributed by atoms with Gasteiger partial charge in [0.2, 0.25) is 0 Å². The Balaban J connectivity index is 2.48. The third kappa shape index (κ3) is 5.00. The summed E-state index contributed by atoms with van der Waals surface area (Å²) in [6.45, 7) is 3.49. The zero-order chi connectivity index (χ0) is 11.3. The molecule has 4 heteroatoms. The third-order valence-electron chi connectivity index (χ3n) is 1.63. The highest BCUT2D eigenvalue weighted by Gasteiger charge is 2.05. The van der Waals surface area contributed by atoms with E-state index in [1.54, 1.807) is 0 Å². The smallest absolute Gasteiger partial charge is 0.310 e. The summed E-state index contributed by atoms with van der Waals surface area (Å²) >= 11 is 8.80. The second-order valence-corrected chi connectivity index (χ2v) is 4.43. The van der Waals surface area contributed by atoms with Crippen LogP contribution in [0.15, 0.2) is 40.3 Å². The van der Waals surface area contributed by atoms with E-state index in [-0.39, 0.29) is 19.0 Å². The van der Waals surface area contributed by atoms with Gasteiger partial charge in [-0.2, -0.15) is 0 Å². The molecule has 0 radical (unpaired) electrons. The molecule has 2 nitrogen and oxygen atoms in total. The Morgan fingerprint density at radius 1 is 1.53 bits per heavy atom. The first kappa shape index (κ1) is 12.3. The van der Waals surface area contributed by atoms with Crippen LogP contribution in [0.1, 0.15) is 5.56 Å². The zero-order valence-corrected chi connectivity index (χ0v) is 10.3. The molecule has 0 aliphatic rings. The largest absolute Gasteiger partial charge is 0.460 e. The van der Waals surface area contributed by atoms with Gasteiger partial charge in [0.05, 0.1) is 6.42 Å². The quantitative estimate of drug-likeness (QED) is 0.795. The number of rotatable bonds is 4. The van der Waals surface area contributed by atoms with Crippen molar-refractivity contribution >= 4 is 33.5 Å². The molecule has 80 valence electrons. The molecule has 0 heterocycles. The van der Waals surface area contributed by atoms with Crippen molar-refractivity contribution in [2.24, 2.45) is 0 Å². The molecule has 0 saturated heterocycles. The van der Waals surface area contributed by atoms with E-state index >= 15 is 0 Å². The lowest BCUT2D eigenvalue weighted by Gasteiger charge is -2.03. The minimum Gasteiger partial charge on any atom is -0.460 e. The van der Waals surface area contributed by atoms with Crippen LogP contribution in [-0.4, -0.2) is 12.6 Å². The second-order valence-electron chi connectivity index (χ2n) is 2.98. The van der Waals surface area contributed by atoms with Gasteiger partial charge >= 0.3 is 5.97 Å². The fraction of sp³-hybridized carbons (Fsp3) is 0.182. The predicted octanol–water partition coefficient (Wildman–Crippen LogP) is 3.29. The standard InChI is InChI=1S/C11H10BrClO2/c1-8(13)7-15-11(14)6-9-3-2-4-10(12)5-9/h2-5H,1,6-7H2. The molecule has 0 atom stereocenters. The molecule has 0 aromatic heterocycles. The number of hydrogen-bond donors (Lipinski definition) is 0. The highest BCUT2D eigenvalue weighted by molar-refractivity contribution is 9.10. The molecule has 1 aromatic rings. The maximum atomic E-state index is 11.3. The van der Waals surface area contributed by atoms with E-state index < -0.39 is 0 Å². The summed E-state index contributed by atoms with van der Waals surface area (Å²) in [7, 11) is 0. The lowest BCUT2D eigenvalue weighted by Crippen LogP contribution is -2.08.